The van der Waals surface area contributed by atoms with Crippen molar-refractivity contribution < 1.29 is 13.2 Å². The van der Waals surface area contributed by atoms with Crippen LogP contribution in [0.3, 0.4) is 0 Å². The van der Waals surface area contributed by atoms with E-state index in [1.165, 1.54) is 24.3 Å². The van der Waals surface area contributed by atoms with Crippen LogP contribution in [0, 0.1) is 20.8 Å². The van der Waals surface area contributed by atoms with Crippen molar-refractivity contribution in [1.29, 1.82) is 0 Å². The standard InChI is InChI=1S/C19H22N6O3S/c1-12-9-10-25(23-12)15(4)18(26)22-16-5-7-17(8-6-16)29(27,28)24-19-20-13(2)11-14(3)21-19/h5-11,15H,1-4H3,(H,22,26)(H,20,21,24). The number of carbonyl (C=O) groups is 1. The number of benzene rings is 1. The molecule has 2 aromatic heterocycles. The molecule has 0 fully saturated rings. The Morgan fingerprint density at radius 3 is 2.17 bits per heavy atom. The molecule has 1 atom stereocenters. The lowest BCUT2D eigenvalue weighted by Crippen LogP contribution is -2.24. The Hall–Kier alpha value is -3.27. The number of aromatic nitrogens is 4. The van der Waals surface area contributed by atoms with Gasteiger partial charge in [-0.2, -0.15) is 5.10 Å². The number of hydrogen-bond acceptors (Lipinski definition) is 6. The van der Waals surface area contributed by atoms with E-state index in [9.17, 15) is 13.2 Å². The molecule has 3 aromatic rings. The topological polar surface area (TPSA) is 119 Å². The van der Waals surface area contributed by atoms with Gasteiger partial charge in [-0.15, -0.1) is 0 Å². The molecule has 0 aliphatic heterocycles. The van der Waals surface area contributed by atoms with Crippen molar-refractivity contribution in [3.05, 3.63) is 59.7 Å². The van der Waals surface area contributed by atoms with E-state index in [0.717, 1.165) is 5.69 Å². The van der Waals surface area contributed by atoms with Crippen LogP contribution in [0.15, 0.2) is 47.5 Å². The van der Waals surface area contributed by atoms with E-state index in [0.29, 0.717) is 17.1 Å². The van der Waals surface area contributed by atoms with Crippen LogP contribution in [-0.2, 0) is 14.8 Å². The van der Waals surface area contributed by atoms with Crippen molar-refractivity contribution in [1.82, 2.24) is 19.7 Å². The van der Waals surface area contributed by atoms with Gasteiger partial charge < -0.3 is 5.32 Å². The maximum Gasteiger partial charge on any atom is 0.264 e. The second kappa shape index (κ2) is 8.00. The highest BCUT2D eigenvalue weighted by Crippen LogP contribution is 2.18. The van der Waals surface area contributed by atoms with Gasteiger partial charge in [-0.1, -0.05) is 0 Å². The molecule has 10 heteroatoms. The van der Waals surface area contributed by atoms with Gasteiger partial charge in [-0.25, -0.2) is 23.1 Å². The first-order valence-corrected chi connectivity index (χ1v) is 10.4. The number of nitrogens with one attached hydrogen (secondary N) is 2. The van der Waals surface area contributed by atoms with Crippen molar-refractivity contribution in [3.63, 3.8) is 0 Å². The van der Waals surface area contributed by atoms with Crippen LogP contribution in [-0.4, -0.2) is 34.1 Å². The summed E-state index contributed by atoms with van der Waals surface area (Å²) in [5, 5.41) is 6.98. The van der Waals surface area contributed by atoms with Crippen molar-refractivity contribution in [2.45, 2.75) is 38.6 Å². The van der Waals surface area contributed by atoms with Crippen LogP contribution in [0.4, 0.5) is 11.6 Å². The molecular formula is C19H22N6O3S. The van der Waals surface area contributed by atoms with E-state index in [-0.39, 0.29) is 16.8 Å². The number of hydrogen-bond donors (Lipinski definition) is 2. The zero-order valence-corrected chi connectivity index (χ0v) is 17.4. The summed E-state index contributed by atoms with van der Waals surface area (Å²) in [5.74, 6) is -0.242. The molecule has 0 radical (unpaired) electrons. The molecular weight excluding hydrogens is 392 g/mol. The van der Waals surface area contributed by atoms with Crippen molar-refractivity contribution >= 4 is 27.6 Å². The molecule has 0 bridgehead atoms. The van der Waals surface area contributed by atoms with Gasteiger partial charge in [0.2, 0.25) is 11.9 Å². The quantitative estimate of drug-likeness (QED) is 0.640. The minimum Gasteiger partial charge on any atom is -0.324 e. The molecule has 0 saturated carbocycles. The van der Waals surface area contributed by atoms with Crippen molar-refractivity contribution in [2.75, 3.05) is 10.0 Å². The fourth-order valence-electron chi connectivity index (χ4n) is 2.68. The van der Waals surface area contributed by atoms with Gasteiger partial charge >= 0.3 is 0 Å². The Labute approximate surface area is 169 Å². The zero-order valence-electron chi connectivity index (χ0n) is 16.5. The summed E-state index contributed by atoms with van der Waals surface area (Å²) < 4.78 is 29.1. The third-order valence-electron chi connectivity index (χ3n) is 4.16. The molecule has 3 rings (SSSR count). The Morgan fingerprint density at radius 1 is 1.00 bits per heavy atom. The van der Waals surface area contributed by atoms with E-state index in [1.54, 1.807) is 37.7 Å². The Morgan fingerprint density at radius 2 is 1.62 bits per heavy atom. The lowest BCUT2D eigenvalue weighted by molar-refractivity contribution is -0.119. The average Bonchev–Trinajstić information content (AvgIpc) is 3.06. The second-order valence-corrected chi connectivity index (χ2v) is 8.39. The summed E-state index contributed by atoms with van der Waals surface area (Å²) in [7, 11) is -3.85. The fourth-order valence-corrected chi connectivity index (χ4v) is 3.63. The Kier molecular flexibility index (Phi) is 5.64. The molecule has 1 amide bonds. The highest BCUT2D eigenvalue weighted by molar-refractivity contribution is 7.92. The van der Waals surface area contributed by atoms with Crippen LogP contribution in [0.5, 0.6) is 0 Å². The molecule has 29 heavy (non-hydrogen) atoms. The van der Waals surface area contributed by atoms with Crippen LogP contribution in [0.25, 0.3) is 0 Å². The van der Waals surface area contributed by atoms with Crippen LogP contribution in [0.1, 0.15) is 30.0 Å². The number of carbonyl (C=O) groups excluding carboxylic acids is 1. The number of amides is 1. The number of rotatable bonds is 6. The van der Waals surface area contributed by atoms with Gasteiger partial charge in [0.15, 0.2) is 0 Å². The maximum absolute atomic E-state index is 12.6. The van der Waals surface area contributed by atoms with Crippen LogP contribution in [0.2, 0.25) is 0 Å². The lowest BCUT2D eigenvalue weighted by Gasteiger charge is -2.13. The summed E-state index contributed by atoms with van der Waals surface area (Å²) in [6.07, 6.45) is 1.73. The minimum atomic E-state index is -3.85. The van der Waals surface area contributed by atoms with Gasteiger partial charge in [0, 0.05) is 23.3 Å². The molecule has 1 aromatic carbocycles. The van der Waals surface area contributed by atoms with Crippen LogP contribution >= 0.6 is 0 Å². The first-order chi connectivity index (χ1) is 13.6. The third kappa shape index (κ3) is 4.96. The molecule has 1 unspecified atom stereocenters. The maximum atomic E-state index is 12.6. The molecule has 0 aliphatic carbocycles. The predicted molar refractivity (Wildman–Crippen MR) is 109 cm³/mol. The number of sulfonamides is 1. The molecule has 0 aliphatic rings. The van der Waals surface area contributed by atoms with Crippen molar-refractivity contribution in [3.8, 4) is 0 Å². The normalized spacial score (nSPS) is 12.4. The number of anilines is 2. The highest BCUT2D eigenvalue weighted by atomic mass is 32.2. The summed E-state index contributed by atoms with van der Waals surface area (Å²) >= 11 is 0. The number of nitrogens with zero attached hydrogens (tertiary/aromatic N) is 4. The van der Waals surface area contributed by atoms with Gasteiger partial charge in [0.05, 0.1) is 10.6 Å². The first-order valence-electron chi connectivity index (χ1n) is 8.92. The summed E-state index contributed by atoms with van der Waals surface area (Å²) in [6.45, 7) is 7.09. The largest absolute Gasteiger partial charge is 0.324 e. The van der Waals surface area contributed by atoms with Crippen LogP contribution < -0.4 is 10.0 Å². The zero-order chi connectivity index (χ0) is 21.2. The first kappa shape index (κ1) is 20.5. The Bertz CT molecular complexity index is 1120. The van der Waals surface area contributed by atoms with E-state index in [2.05, 4.69) is 25.1 Å². The van der Waals surface area contributed by atoms with E-state index >= 15 is 0 Å². The van der Waals surface area contributed by atoms with Crippen molar-refractivity contribution in [2.24, 2.45) is 0 Å². The number of aryl methyl sites for hydroxylation is 3. The fraction of sp³-hybridized carbons (Fsp3) is 0.263. The van der Waals surface area contributed by atoms with Gasteiger partial charge in [0.1, 0.15) is 6.04 Å². The second-order valence-electron chi connectivity index (χ2n) is 6.71. The van der Waals surface area contributed by atoms with Gasteiger partial charge in [-0.3, -0.25) is 9.48 Å². The summed E-state index contributed by atoms with van der Waals surface area (Å²) in [5.41, 5.74) is 2.62. The SMILES string of the molecule is Cc1cc(C)nc(NS(=O)(=O)c2ccc(NC(=O)C(C)n3ccc(C)n3)cc2)n1. The minimum absolute atomic E-state index is 0.0169. The van der Waals surface area contributed by atoms with Gasteiger partial charge in [0.25, 0.3) is 10.0 Å². The molecule has 152 valence electrons. The smallest absolute Gasteiger partial charge is 0.264 e. The molecule has 0 spiro atoms. The lowest BCUT2D eigenvalue weighted by atomic mass is 10.2. The third-order valence-corrected chi connectivity index (χ3v) is 5.50. The summed E-state index contributed by atoms with van der Waals surface area (Å²) in [6, 6.07) is 8.92. The molecule has 2 N–H and O–H groups in total. The molecule has 2 heterocycles. The van der Waals surface area contributed by atoms with E-state index < -0.39 is 16.1 Å². The van der Waals surface area contributed by atoms with E-state index in [4.69, 9.17) is 0 Å². The molecule has 0 saturated heterocycles. The van der Waals surface area contributed by atoms with Gasteiger partial charge in [-0.05, 0) is 64.1 Å². The summed E-state index contributed by atoms with van der Waals surface area (Å²) in [4.78, 5) is 20.6. The monoisotopic (exact) mass is 414 g/mol. The average molecular weight is 414 g/mol. The Balaban J connectivity index is 1.71. The molecule has 9 nitrogen and oxygen atoms in total. The van der Waals surface area contributed by atoms with E-state index in [1.807, 2.05) is 13.0 Å². The highest BCUT2D eigenvalue weighted by Gasteiger charge is 2.18. The predicted octanol–water partition coefficient (Wildman–Crippen LogP) is 2.60.